The molecule has 5 nitrogen and oxygen atoms in total. The molecule has 2 heterocycles. The minimum Gasteiger partial charge on any atom is -0.490 e. The van der Waals surface area contributed by atoms with Gasteiger partial charge in [-0.25, -0.2) is 0 Å². The van der Waals surface area contributed by atoms with Gasteiger partial charge in [-0.3, -0.25) is 4.79 Å². The van der Waals surface area contributed by atoms with Crippen LogP contribution < -0.4 is 4.74 Å². The molecule has 0 unspecified atom stereocenters. The van der Waals surface area contributed by atoms with E-state index in [2.05, 4.69) is 47.4 Å². The molecule has 182 valence electrons. The van der Waals surface area contributed by atoms with Crippen LogP contribution in [0.25, 0.3) is 16.8 Å². The zero-order valence-electron chi connectivity index (χ0n) is 20.4. The van der Waals surface area contributed by atoms with Crippen molar-refractivity contribution >= 4 is 22.8 Å². The predicted octanol–water partition coefficient (Wildman–Crippen LogP) is 4.70. The molecule has 2 aliphatic rings. The van der Waals surface area contributed by atoms with Crippen LogP contribution in [0, 0.1) is 0 Å². The number of hydrogen-bond acceptors (Lipinski definition) is 4. The average molecular weight is 471 g/mol. The fourth-order valence-corrected chi connectivity index (χ4v) is 5.24. The number of benzene rings is 3. The van der Waals surface area contributed by atoms with E-state index in [1.807, 2.05) is 37.4 Å². The van der Waals surface area contributed by atoms with Crippen LogP contribution in [-0.2, 0) is 4.79 Å². The molecular formula is C30H34N2O3. The molecular weight excluding hydrogens is 436 g/mol. The molecule has 0 spiro atoms. The lowest BCUT2D eigenvalue weighted by atomic mass is 9.88. The highest BCUT2D eigenvalue weighted by Gasteiger charge is 2.24. The smallest absolute Gasteiger partial charge is 0.249 e. The minimum atomic E-state index is -0.563. The maximum absolute atomic E-state index is 12.3. The summed E-state index contributed by atoms with van der Waals surface area (Å²) in [6.45, 7) is 3.55. The van der Waals surface area contributed by atoms with Crippen molar-refractivity contribution < 1.29 is 14.6 Å². The fourth-order valence-electron chi connectivity index (χ4n) is 5.24. The molecule has 5 rings (SSSR count). The van der Waals surface area contributed by atoms with Crippen LogP contribution in [0.2, 0.25) is 0 Å². The highest BCUT2D eigenvalue weighted by atomic mass is 16.5. The first kappa shape index (κ1) is 23.6. The van der Waals surface area contributed by atoms with Gasteiger partial charge in [-0.1, -0.05) is 60.7 Å². The van der Waals surface area contributed by atoms with E-state index in [4.69, 9.17) is 4.74 Å². The molecule has 1 amide bonds. The van der Waals surface area contributed by atoms with Crippen LogP contribution in [0.3, 0.4) is 0 Å². The number of hydrogen-bond donors (Lipinski definition) is 1. The lowest BCUT2D eigenvalue weighted by molar-refractivity contribution is -0.123. The summed E-state index contributed by atoms with van der Waals surface area (Å²) in [6.07, 6.45) is 4.31. The molecule has 0 radical (unpaired) electrons. The van der Waals surface area contributed by atoms with Crippen molar-refractivity contribution in [3.8, 4) is 5.75 Å². The first-order chi connectivity index (χ1) is 17.1. The van der Waals surface area contributed by atoms with Gasteiger partial charge in [-0.2, -0.15) is 0 Å². The molecule has 0 aliphatic carbocycles. The van der Waals surface area contributed by atoms with Crippen molar-refractivity contribution in [1.29, 1.82) is 0 Å². The number of fused-ring (bicyclic) bond motifs is 1. The number of ether oxygens (including phenoxy) is 1. The van der Waals surface area contributed by atoms with Gasteiger partial charge in [0.25, 0.3) is 0 Å². The largest absolute Gasteiger partial charge is 0.490 e. The molecule has 2 fully saturated rings. The van der Waals surface area contributed by atoms with E-state index in [0.29, 0.717) is 18.2 Å². The number of aliphatic hydroxyl groups excluding tert-OH is 1. The Balaban J connectivity index is 1.13. The summed E-state index contributed by atoms with van der Waals surface area (Å²) >= 11 is 0. The number of β-amino-alcohol motifs (C(OH)–C–C–N with tert-alkyl or cyclic N) is 1. The number of carbonyl (C=O) groups is 1. The van der Waals surface area contributed by atoms with Crippen molar-refractivity contribution in [2.75, 3.05) is 39.8 Å². The second kappa shape index (κ2) is 10.6. The van der Waals surface area contributed by atoms with E-state index in [1.54, 1.807) is 4.90 Å². The number of para-hydroxylation sites is 1. The van der Waals surface area contributed by atoms with Crippen molar-refractivity contribution in [2.24, 2.45) is 0 Å². The van der Waals surface area contributed by atoms with Gasteiger partial charge in [0.2, 0.25) is 5.91 Å². The van der Waals surface area contributed by atoms with Gasteiger partial charge in [0.15, 0.2) is 0 Å². The quantitative estimate of drug-likeness (QED) is 0.509. The number of piperidine rings is 1. The summed E-state index contributed by atoms with van der Waals surface area (Å²) < 4.78 is 6.00. The Morgan fingerprint density at radius 3 is 2.51 bits per heavy atom. The van der Waals surface area contributed by atoms with Crippen molar-refractivity contribution in [1.82, 2.24) is 9.80 Å². The topological polar surface area (TPSA) is 53.0 Å². The lowest BCUT2D eigenvalue weighted by Crippen LogP contribution is -2.40. The van der Waals surface area contributed by atoms with Gasteiger partial charge < -0.3 is 19.6 Å². The molecule has 1 atom stereocenters. The van der Waals surface area contributed by atoms with Gasteiger partial charge in [-0.05, 0) is 66.7 Å². The minimum absolute atomic E-state index is 0.0759. The Bertz CT molecular complexity index is 1210. The Kier molecular flexibility index (Phi) is 7.16. The number of nitrogens with zero attached hydrogens (tertiary/aromatic N) is 2. The fraction of sp³-hybridized carbons (Fsp3) is 0.367. The third kappa shape index (κ3) is 5.58. The van der Waals surface area contributed by atoms with E-state index in [9.17, 15) is 9.90 Å². The second-order valence-electron chi connectivity index (χ2n) is 9.83. The van der Waals surface area contributed by atoms with Crippen molar-refractivity contribution in [3.63, 3.8) is 0 Å². The van der Waals surface area contributed by atoms with E-state index >= 15 is 0 Å². The van der Waals surface area contributed by atoms with Crippen LogP contribution in [0.1, 0.15) is 36.3 Å². The zero-order chi connectivity index (χ0) is 24.2. The van der Waals surface area contributed by atoms with Crippen LogP contribution in [0.15, 0.2) is 72.3 Å². The Morgan fingerprint density at radius 2 is 1.74 bits per heavy atom. The van der Waals surface area contributed by atoms with Gasteiger partial charge in [0.1, 0.15) is 18.5 Å². The van der Waals surface area contributed by atoms with Gasteiger partial charge >= 0.3 is 0 Å². The molecule has 2 saturated heterocycles. The number of amides is 1. The molecule has 5 heteroatoms. The number of aliphatic hydroxyl groups is 1. The Labute approximate surface area is 207 Å². The van der Waals surface area contributed by atoms with Crippen LogP contribution in [0.5, 0.6) is 5.75 Å². The monoisotopic (exact) mass is 470 g/mol. The first-order valence-electron chi connectivity index (χ1n) is 12.6. The molecule has 35 heavy (non-hydrogen) atoms. The molecule has 2 aliphatic heterocycles. The van der Waals surface area contributed by atoms with Gasteiger partial charge in [0, 0.05) is 31.3 Å². The maximum atomic E-state index is 12.3. The summed E-state index contributed by atoms with van der Waals surface area (Å²) in [6, 6.07) is 23.1. The normalized spacial score (nSPS) is 19.5. The third-order valence-corrected chi connectivity index (χ3v) is 7.32. The first-order valence-corrected chi connectivity index (χ1v) is 12.6. The average Bonchev–Trinajstić information content (AvgIpc) is 3.20. The molecule has 3 aromatic carbocycles. The summed E-state index contributed by atoms with van der Waals surface area (Å²) in [4.78, 5) is 16.3. The van der Waals surface area contributed by atoms with Crippen molar-refractivity contribution in [2.45, 2.75) is 31.3 Å². The second-order valence-corrected chi connectivity index (χ2v) is 9.83. The number of carbonyl (C=O) groups excluding carboxylic acids is 1. The van der Waals surface area contributed by atoms with Crippen LogP contribution in [0.4, 0.5) is 0 Å². The number of likely N-dealkylation sites (N-methyl/N-ethyl adjacent to an activating group) is 1. The highest BCUT2D eigenvalue weighted by Crippen LogP contribution is 2.30. The molecule has 0 aromatic heterocycles. The molecule has 1 N–H and O–H groups in total. The summed E-state index contributed by atoms with van der Waals surface area (Å²) in [5.74, 6) is 1.35. The predicted molar refractivity (Wildman–Crippen MR) is 141 cm³/mol. The third-order valence-electron chi connectivity index (χ3n) is 7.32. The van der Waals surface area contributed by atoms with Crippen molar-refractivity contribution in [3.05, 3.63) is 83.4 Å². The van der Waals surface area contributed by atoms with Gasteiger partial charge in [0.05, 0.1) is 0 Å². The highest BCUT2D eigenvalue weighted by molar-refractivity contribution is 6.00. The molecule has 3 aromatic rings. The zero-order valence-corrected chi connectivity index (χ0v) is 20.4. The van der Waals surface area contributed by atoms with E-state index < -0.39 is 6.10 Å². The molecule has 0 bridgehead atoms. The standard InChI is InChI=1S/C30H34N2O3/c1-31-15-12-27(30(31)34)19-26-8-4-5-9-29(26)35-21-28(33)20-32-16-13-23(14-17-32)25-11-10-22-6-2-3-7-24(22)18-25/h2-11,18-19,23,28,33H,12-17,20-21H2,1H3/b27-19-/t28-/m1/s1. The number of rotatable bonds is 7. The molecule has 0 saturated carbocycles. The van der Waals surface area contributed by atoms with Gasteiger partial charge in [-0.15, -0.1) is 0 Å². The Hall–Kier alpha value is -3.15. The van der Waals surface area contributed by atoms with Crippen LogP contribution >= 0.6 is 0 Å². The summed E-state index contributed by atoms with van der Waals surface area (Å²) in [7, 11) is 1.83. The number of likely N-dealkylation sites (tertiary alicyclic amines) is 2. The maximum Gasteiger partial charge on any atom is 0.249 e. The summed E-state index contributed by atoms with van der Waals surface area (Å²) in [5, 5.41) is 13.3. The summed E-state index contributed by atoms with van der Waals surface area (Å²) in [5.41, 5.74) is 3.11. The Morgan fingerprint density at radius 1 is 1.00 bits per heavy atom. The van der Waals surface area contributed by atoms with E-state index in [-0.39, 0.29) is 12.5 Å². The SMILES string of the molecule is CN1CC/C(=C/c2ccccc2OC[C@H](O)CN2CCC(c3ccc4ccccc4c3)CC2)C1=O. The lowest BCUT2D eigenvalue weighted by Gasteiger charge is -2.33. The van der Waals surface area contributed by atoms with Crippen LogP contribution in [-0.4, -0.2) is 66.8 Å². The van der Waals surface area contributed by atoms with E-state index in [1.165, 1.54) is 16.3 Å². The van der Waals surface area contributed by atoms with E-state index in [0.717, 1.165) is 50.0 Å².